The first-order valence-corrected chi connectivity index (χ1v) is 6.58. The van der Waals surface area contributed by atoms with Gasteiger partial charge in [0.05, 0.1) is 5.69 Å². The monoisotopic (exact) mass is 253 g/mol. The van der Waals surface area contributed by atoms with E-state index in [0.717, 1.165) is 29.9 Å². The van der Waals surface area contributed by atoms with E-state index in [1.807, 2.05) is 18.2 Å². The third kappa shape index (κ3) is 2.67. The van der Waals surface area contributed by atoms with Gasteiger partial charge in [0, 0.05) is 42.9 Å². The largest absolute Gasteiger partial charge is 0.300 e. The Morgan fingerprint density at radius 3 is 2.47 bits per heavy atom. The van der Waals surface area contributed by atoms with Crippen LogP contribution in [-0.4, -0.2) is 20.7 Å². The number of hydrogen-bond donors (Lipinski definition) is 0. The van der Waals surface area contributed by atoms with Crippen molar-refractivity contribution in [2.75, 3.05) is 0 Å². The van der Waals surface area contributed by atoms with E-state index in [0.29, 0.717) is 24.5 Å². The van der Waals surface area contributed by atoms with Crippen molar-refractivity contribution in [3.05, 3.63) is 42.6 Å². The highest BCUT2D eigenvalue weighted by molar-refractivity contribution is 5.79. The van der Waals surface area contributed by atoms with Gasteiger partial charge >= 0.3 is 0 Å². The molecule has 1 saturated carbocycles. The fourth-order valence-corrected chi connectivity index (χ4v) is 2.45. The molecule has 2 heterocycles. The molecule has 0 N–H and O–H groups in total. The summed E-state index contributed by atoms with van der Waals surface area (Å²) in [7, 11) is 0. The molecule has 19 heavy (non-hydrogen) atoms. The number of nitrogens with zero attached hydrogens (tertiary/aromatic N) is 3. The van der Waals surface area contributed by atoms with E-state index < -0.39 is 0 Å². The summed E-state index contributed by atoms with van der Waals surface area (Å²) in [6.07, 6.45) is 8.39. The van der Waals surface area contributed by atoms with Crippen molar-refractivity contribution in [2.45, 2.75) is 31.6 Å². The number of carbonyl (C=O) groups excluding carboxylic acids is 1. The van der Waals surface area contributed by atoms with Gasteiger partial charge in [0.1, 0.15) is 11.6 Å². The lowest BCUT2D eigenvalue weighted by Crippen LogP contribution is -2.14. The van der Waals surface area contributed by atoms with E-state index in [1.54, 1.807) is 18.6 Å². The highest BCUT2D eigenvalue weighted by atomic mass is 16.1. The number of aromatic nitrogens is 3. The number of pyridine rings is 1. The van der Waals surface area contributed by atoms with Crippen LogP contribution in [0.15, 0.2) is 36.8 Å². The van der Waals surface area contributed by atoms with Gasteiger partial charge in [-0.25, -0.2) is 9.97 Å². The maximum atomic E-state index is 11.3. The maximum absolute atomic E-state index is 11.3. The second-order valence-electron chi connectivity index (χ2n) is 4.85. The quantitative estimate of drug-likeness (QED) is 0.825. The Morgan fingerprint density at radius 1 is 1.00 bits per heavy atom. The molecule has 0 aliphatic heterocycles. The zero-order valence-corrected chi connectivity index (χ0v) is 10.6. The molecular formula is C15H15N3O. The molecule has 96 valence electrons. The molecule has 0 bridgehead atoms. The summed E-state index contributed by atoms with van der Waals surface area (Å²) in [4.78, 5) is 24.3. The number of rotatable bonds is 2. The molecule has 0 aromatic carbocycles. The number of Topliss-reactive ketones (excluding diaryl/α,β-unsaturated/α-hetero) is 1. The van der Waals surface area contributed by atoms with E-state index in [4.69, 9.17) is 0 Å². The molecule has 3 rings (SSSR count). The normalized spacial score (nSPS) is 16.5. The first-order chi connectivity index (χ1) is 9.33. The third-order valence-corrected chi connectivity index (χ3v) is 3.56. The van der Waals surface area contributed by atoms with E-state index in [9.17, 15) is 4.79 Å². The van der Waals surface area contributed by atoms with Crippen LogP contribution in [0.3, 0.4) is 0 Å². The molecule has 0 saturated heterocycles. The van der Waals surface area contributed by atoms with Gasteiger partial charge in [-0.05, 0) is 31.0 Å². The van der Waals surface area contributed by atoms with Crippen molar-refractivity contribution in [1.29, 1.82) is 0 Å². The van der Waals surface area contributed by atoms with Crippen LogP contribution in [0.25, 0.3) is 11.3 Å². The lowest BCUT2D eigenvalue weighted by atomic mass is 9.88. The molecule has 2 aromatic rings. The highest BCUT2D eigenvalue weighted by Crippen LogP contribution is 2.29. The minimum Gasteiger partial charge on any atom is -0.300 e. The van der Waals surface area contributed by atoms with Crippen LogP contribution in [-0.2, 0) is 4.79 Å². The van der Waals surface area contributed by atoms with Crippen molar-refractivity contribution in [2.24, 2.45) is 0 Å². The molecule has 1 fully saturated rings. The summed E-state index contributed by atoms with van der Waals surface area (Å²) < 4.78 is 0. The Labute approximate surface area is 111 Å². The van der Waals surface area contributed by atoms with Crippen LogP contribution in [0, 0.1) is 0 Å². The van der Waals surface area contributed by atoms with Crippen molar-refractivity contribution in [3.63, 3.8) is 0 Å². The first kappa shape index (κ1) is 12.0. The van der Waals surface area contributed by atoms with Crippen LogP contribution in [0.2, 0.25) is 0 Å². The minimum atomic E-state index is 0.319. The Hall–Kier alpha value is -2.10. The van der Waals surface area contributed by atoms with Crippen molar-refractivity contribution >= 4 is 5.78 Å². The van der Waals surface area contributed by atoms with Gasteiger partial charge in [-0.1, -0.05) is 0 Å². The van der Waals surface area contributed by atoms with Crippen molar-refractivity contribution in [1.82, 2.24) is 15.0 Å². The van der Waals surface area contributed by atoms with Crippen LogP contribution >= 0.6 is 0 Å². The fraction of sp³-hybridized carbons (Fsp3) is 0.333. The van der Waals surface area contributed by atoms with E-state index in [1.165, 1.54) is 0 Å². The Balaban J connectivity index is 1.86. The topological polar surface area (TPSA) is 55.7 Å². The van der Waals surface area contributed by atoms with Gasteiger partial charge in [-0.3, -0.25) is 9.78 Å². The molecule has 2 aromatic heterocycles. The van der Waals surface area contributed by atoms with Crippen LogP contribution < -0.4 is 0 Å². The molecule has 1 aliphatic rings. The summed E-state index contributed by atoms with van der Waals surface area (Å²) in [5.41, 5.74) is 1.97. The highest BCUT2D eigenvalue weighted by Gasteiger charge is 2.22. The fourth-order valence-electron chi connectivity index (χ4n) is 2.45. The summed E-state index contributed by atoms with van der Waals surface area (Å²) in [6.45, 7) is 0. The molecule has 0 unspecified atom stereocenters. The molecule has 4 heteroatoms. The Morgan fingerprint density at radius 2 is 1.74 bits per heavy atom. The van der Waals surface area contributed by atoms with Gasteiger partial charge in [-0.15, -0.1) is 0 Å². The van der Waals surface area contributed by atoms with Crippen molar-refractivity contribution < 1.29 is 4.79 Å². The lowest BCUT2D eigenvalue weighted by molar-refractivity contribution is -0.120. The Kier molecular flexibility index (Phi) is 3.31. The molecule has 1 aliphatic carbocycles. The molecule has 0 radical (unpaired) electrons. The van der Waals surface area contributed by atoms with Crippen LogP contribution in [0.5, 0.6) is 0 Å². The minimum absolute atomic E-state index is 0.319. The van der Waals surface area contributed by atoms with Gasteiger partial charge in [0.25, 0.3) is 0 Å². The Bertz CT molecular complexity index is 573. The summed E-state index contributed by atoms with van der Waals surface area (Å²) in [6, 6.07) is 5.79. The smallest absolute Gasteiger partial charge is 0.132 e. The maximum Gasteiger partial charge on any atom is 0.132 e. The number of ketones is 1. The third-order valence-electron chi connectivity index (χ3n) is 3.56. The van der Waals surface area contributed by atoms with Gasteiger partial charge in [0.15, 0.2) is 0 Å². The lowest BCUT2D eigenvalue weighted by Gasteiger charge is -2.19. The standard InChI is InChI=1S/C15H15N3O/c19-13-3-1-12(2-4-13)15-17-10-7-14(18-15)11-5-8-16-9-6-11/h5-10,12H,1-4H2. The molecule has 0 spiro atoms. The average molecular weight is 253 g/mol. The second kappa shape index (κ2) is 5.26. The second-order valence-corrected chi connectivity index (χ2v) is 4.85. The molecule has 4 nitrogen and oxygen atoms in total. The predicted octanol–water partition coefficient (Wildman–Crippen LogP) is 2.77. The van der Waals surface area contributed by atoms with Crippen LogP contribution in [0.4, 0.5) is 0 Å². The average Bonchev–Trinajstić information content (AvgIpc) is 2.49. The zero-order valence-electron chi connectivity index (χ0n) is 10.6. The summed E-state index contributed by atoms with van der Waals surface area (Å²) in [5, 5.41) is 0. The van der Waals surface area contributed by atoms with E-state index in [2.05, 4.69) is 15.0 Å². The summed E-state index contributed by atoms with van der Waals surface area (Å²) in [5.74, 6) is 1.54. The SMILES string of the molecule is O=C1CCC(c2nccc(-c3ccncc3)n2)CC1. The first-order valence-electron chi connectivity index (χ1n) is 6.58. The van der Waals surface area contributed by atoms with Gasteiger partial charge in [0.2, 0.25) is 0 Å². The number of hydrogen-bond acceptors (Lipinski definition) is 4. The zero-order chi connectivity index (χ0) is 13.1. The van der Waals surface area contributed by atoms with Crippen LogP contribution in [0.1, 0.15) is 37.4 Å². The van der Waals surface area contributed by atoms with Gasteiger partial charge in [-0.2, -0.15) is 0 Å². The summed E-state index contributed by atoms with van der Waals surface area (Å²) >= 11 is 0. The van der Waals surface area contributed by atoms with Crippen molar-refractivity contribution in [3.8, 4) is 11.3 Å². The molecule has 0 amide bonds. The molecular weight excluding hydrogens is 238 g/mol. The number of carbonyl (C=O) groups is 1. The van der Waals surface area contributed by atoms with E-state index in [-0.39, 0.29) is 0 Å². The predicted molar refractivity (Wildman–Crippen MR) is 71.5 cm³/mol. The van der Waals surface area contributed by atoms with E-state index >= 15 is 0 Å². The van der Waals surface area contributed by atoms with Gasteiger partial charge < -0.3 is 0 Å². The molecule has 0 atom stereocenters.